The second kappa shape index (κ2) is 9.73. The van der Waals surface area contributed by atoms with Gasteiger partial charge in [-0.2, -0.15) is 14.8 Å². The largest absolute Gasteiger partial charge is 0.351 e. The van der Waals surface area contributed by atoms with E-state index in [4.69, 9.17) is 4.52 Å². The average molecular weight is 487 g/mol. The third-order valence-electron chi connectivity index (χ3n) is 6.50. The molecule has 1 aliphatic rings. The van der Waals surface area contributed by atoms with Crippen LogP contribution in [-0.4, -0.2) is 48.4 Å². The van der Waals surface area contributed by atoms with E-state index in [2.05, 4.69) is 27.4 Å². The van der Waals surface area contributed by atoms with Gasteiger partial charge in [0.15, 0.2) is 5.69 Å². The fourth-order valence-electron chi connectivity index (χ4n) is 4.38. The van der Waals surface area contributed by atoms with Crippen LogP contribution < -0.4 is 11.2 Å². The van der Waals surface area contributed by atoms with Gasteiger partial charge >= 0.3 is 5.69 Å². The zero-order valence-electron chi connectivity index (χ0n) is 20.1. The molecule has 36 heavy (non-hydrogen) atoms. The van der Waals surface area contributed by atoms with Crippen LogP contribution in [0.4, 0.5) is 0 Å². The van der Waals surface area contributed by atoms with Crippen LogP contribution in [0.25, 0.3) is 17.2 Å². The molecule has 10 nitrogen and oxygen atoms in total. The van der Waals surface area contributed by atoms with Crippen molar-refractivity contribution in [2.45, 2.75) is 32.1 Å². The highest BCUT2D eigenvalue weighted by atomic mass is 16.5. The van der Waals surface area contributed by atoms with Crippen LogP contribution in [0.2, 0.25) is 0 Å². The van der Waals surface area contributed by atoms with Crippen molar-refractivity contribution in [3.63, 3.8) is 0 Å². The molecule has 1 unspecified atom stereocenters. The first-order chi connectivity index (χ1) is 17.4. The number of benzene rings is 2. The number of carbonyl (C=O) groups is 1. The molecule has 1 fully saturated rings. The van der Waals surface area contributed by atoms with Crippen molar-refractivity contribution in [1.29, 1.82) is 0 Å². The van der Waals surface area contributed by atoms with Crippen molar-refractivity contribution in [3.05, 3.63) is 92.5 Å². The molecule has 1 saturated heterocycles. The first-order valence-corrected chi connectivity index (χ1v) is 11.8. The first kappa shape index (κ1) is 23.4. The molecule has 1 atom stereocenters. The number of carbonyl (C=O) groups excluding carboxylic acids is 1. The van der Waals surface area contributed by atoms with E-state index in [9.17, 15) is 14.4 Å². The van der Waals surface area contributed by atoms with Crippen molar-refractivity contribution in [1.82, 2.24) is 29.4 Å². The smallest absolute Gasteiger partial charge is 0.342 e. The third-order valence-corrected chi connectivity index (χ3v) is 6.50. The van der Waals surface area contributed by atoms with E-state index < -0.39 is 11.2 Å². The minimum Gasteiger partial charge on any atom is -0.342 e. The lowest BCUT2D eigenvalue weighted by Gasteiger charge is -2.16. The van der Waals surface area contributed by atoms with Crippen LogP contribution in [0.3, 0.4) is 0 Å². The summed E-state index contributed by atoms with van der Waals surface area (Å²) in [5.41, 5.74) is 1.46. The van der Waals surface area contributed by atoms with E-state index >= 15 is 0 Å². The van der Waals surface area contributed by atoms with Gasteiger partial charge in [-0.25, -0.2) is 4.79 Å². The molecule has 0 N–H and O–H groups in total. The monoisotopic (exact) mass is 486 g/mol. The number of rotatable bonds is 6. The van der Waals surface area contributed by atoms with E-state index in [-0.39, 0.29) is 36.2 Å². The Hall–Kier alpha value is -4.34. The molecular formula is C26H26N6O4. The molecule has 3 heterocycles. The second-order valence-electron chi connectivity index (χ2n) is 8.99. The molecule has 5 rings (SSSR count). The van der Waals surface area contributed by atoms with Gasteiger partial charge in [-0.3, -0.25) is 14.2 Å². The van der Waals surface area contributed by atoms with Crippen LogP contribution in [0.1, 0.15) is 35.8 Å². The molecule has 184 valence electrons. The van der Waals surface area contributed by atoms with Gasteiger partial charge in [0.05, 0.1) is 5.69 Å². The second-order valence-corrected chi connectivity index (χ2v) is 8.99. The molecule has 0 radical (unpaired) electrons. The first-order valence-electron chi connectivity index (χ1n) is 11.8. The van der Waals surface area contributed by atoms with E-state index in [1.54, 1.807) is 12.1 Å². The fraction of sp³-hybridized carbons (Fsp3) is 0.308. The van der Waals surface area contributed by atoms with E-state index in [1.807, 2.05) is 42.2 Å². The summed E-state index contributed by atoms with van der Waals surface area (Å²) in [4.78, 5) is 44.3. The van der Waals surface area contributed by atoms with Gasteiger partial charge in [0.1, 0.15) is 0 Å². The maximum atomic E-state index is 12.8. The molecule has 0 saturated carbocycles. The highest BCUT2D eigenvalue weighted by Gasteiger charge is 2.27. The summed E-state index contributed by atoms with van der Waals surface area (Å²) in [5, 5.41) is 8.11. The molecule has 10 heteroatoms. The summed E-state index contributed by atoms with van der Waals surface area (Å²) >= 11 is 0. The molecule has 4 aromatic rings. The normalized spacial score (nSPS) is 15.4. The quantitative estimate of drug-likeness (QED) is 0.410. The van der Waals surface area contributed by atoms with Gasteiger partial charge in [-0.15, -0.1) is 0 Å². The fourth-order valence-corrected chi connectivity index (χ4v) is 4.38. The molecule has 0 spiro atoms. The van der Waals surface area contributed by atoms with Crippen molar-refractivity contribution in [2.75, 3.05) is 13.1 Å². The summed E-state index contributed by atoms with van der Waals surface area (Å²) in [6.07, 6.45) is 1.40. The van der Waals surface area contributed by atoms with Gasteiger partial charge in [-0.1, -0.05) is 53.2 Å². The minimum atomic E-state index is -0.629. The van der Waals surface area contributed by atoms with Crippen molar-refractivity contribution >= 4 is 5.91 Å². The predicted molar refractivity (Wildman–Crippen MR) is 132 cm³/mol. The summed E-state index contributed by atoms with van der Waals surface area (Å²) in [6, 6.07) is 17.4. The Morgan fingerprint density at radius 2 is 1.83 bits per heavy atom. The Morgan fingerprint density at radius 3 is 2.58 bits per heavy atom. The van der Waals surface area contributed by atoms with Crippen LogP contribution in [0.5, 0.6) is 0 Å². The van der Waals surface area contributed by atoms with E-state index in [0.29, 0.717) is 24.7 Å². The molecule has 0 aliphatic carbocycles. The topological polar surface area (TPSA) is 116 Å². The summed E-state index contributed by atoms with van der Waals surface area (Å²) in [5.74, 6) is 0.574. The lowest BCUT2D eigenvalue weighted by molar-refractivity contribution is -0.130. The number of hydrogen-bond acceptors (Lipinski definition) is 7. The average Bonchev–Trinajstić information content (AvgIpc) is 3.58. The van der Waals surface area contributed by atoms with Gasteiger partial charge in [0, 0.05) is 38.9 Å². The highest BCUT2D eigenvalue weighted by Crippen LogP contribution is 2.27. The maximum Gasteiger partial charge on any atom is 0.351 e. The maximum absolute atomic E-state index is 12.8. The number of aromatic nitrogens is 5. The van der Waals surface area contributed by atoms with Gasteiger partial charge in [0.25, 0.3) is 5.56 Å². The van der Waals surface area contributed by atoms with E-state index in [1.165, 1.54) is 12.6 Å². The molecule has 0 bridgehead atoms. The lowest BCUT2D eigenvalue weighted by atomic mass is 9.99. The SMILES string of the molecule is Cc1ccc(-n2nc(-c3noc(CCC(=O)N4CCC(c5ccccc5)C4)n3)c(=O)n(C)c2=O)cc1. The van der Waals surface area contributed by atoms with Gasteiger partial charge < -0.3 is 9.42 Å². The zero-order chi connectivity index (χ0) is 25.2. The minimum absolute atomic E-state index is 0.0233. The molecule has 2 aromatic heterocycles. The van der Waals surface area contributed by atoms with Crippen LogP contribution in [0.15, 0.2) is 68.7 Å². The number of hydrogen-bond donors (Lipinski definition) is 0. The summed E-state index contributed by atoms with van der Waals surface area (Å²) < 4.78 is 7.39. The Bertz CT molecular complexity index is 1500. The zero-order valence-corrected chi connectivity index (χ0v) is 20.1. The Labute approximate surface area is 206 Å². The van der Waals surface area contributed by atoms with Crippen molar-refractivity contribution < 1.29 is 9.32 Å². The van der Waals surface area contributed by atoms with E-state index in [0.717, 1.165) is 21.2 Å². The lowest BCUT2D eigenvalue weighted by Crippen LogP contribution is -2.40. The van der Waals surface area contributed by atoms with Gasteiger partial charge in [-0.05, 0) is 31.0 Å². The molecule has 1 amide bonds. The van der Waals surface area contributed by atoms with Crippen LogP contribution in [-0.2, 0) is 18.3 Å². The Kier molecular flexibility index (Phi) is 6.32. The predicted octanol–water partition coefficient (Wildman–Crippen LogP) is 2.24. The third kappa shape index (κ3) is 4.61. The van der Waals surface area contributed by atoms with Crippen molar-refractivity contribution in [2.24, 2.45) is 7.05 Å². The number of amides is 1. The van der Waals surface area contributed by atoms with Crippen molar-refractivity contribution in [3.8, 4) is 17.2 Å². The Morgan fingerprint density at radius 1 is 1.08 bits per heavy atom. The molecular weight excluding hydrogens is 460 g/mol. The standard InChI is InChI=1S/C26H26N6O4/c1-17-8-10-20(11-9-17)32-26(35)30(2)25(34)23(28-32)24-27-21(36-29-24)12-13-22(33)31-15-14-19(16-31)18-6-4-3-5-7-18/h3-11,19H,12-16H2,1-2H3. The highest BCUT2D eigenvalue weighted by molar-refractivity contribution is 5.76. The molecule has 2 aromatic carbocycles. The Balaban J connectivity index is 1.29. The molecule has 1 aliphatic heterocycles. The number of nitrogens with zero attached hydrogens (tertiary/aromatic N) is 6. The van der Waals surface area contributed by atoms with Crippen LogP contribution in [0, 0.1) is 6.92 Å². The number of likely N-dealkylation sites (tertiary alicyclic amines) is 1. The summed E-state index contributed by atoms with van der Waals surface area (Å²) in [7, 11) is 1.37. The van der Waals surface area contributed by atoms with Gasteiger partial charge in [0.2, 0.25) is 17.6 Å². The number of aryl methyl sites for hydroxylation is 2. The summed E-state index contributed by atoms with van der Waals surface area (Å²) in [6.45, 7) is 3.34. The van der Waals surface area contributed by atoms with Crippen LogP contribution >= 0.6 is 0 Å².